The molecule has 1 fully saturated rings. The standard InChI is InChI=1S/C21H25N3O/c1-16(18-8-6-17(12-22)7-9-18)23-13-19-4-2-3-5-20(19)14-24-11-10-21(25)15-24/h2-9,16,21,23,25H,10-11,13-15H2,1H3/t16-,21+/m0/s1. The van der Waals surface area contributed by atoms with Gasteiger partial charge in [-0.1, -0.05) is 36.4 Å². The summed E-state index contributed by atoms with van der Waals surface area (Å²) in [5, 5.41) is 22.2. The number of nitrogens with zero attached hydrogens (tertiary/aromatic N) is 2. The first-order valence-corrected chi connectivity index (χ1v) is 8.86. The van der Waals surface area contributed by atoms with Crippen LogP contribution in [0.25, 0.3) is 0 Å². The summed E-state index contributed by atoms with van der Waals surface area (Å²) in [5.41, 5.74) is 4.48. The molecule has 0 aliphatic carbocycles. The van der Waals surface area contributed by atoms with Crippen molar-refractivity contribution in [3.63, 3.8) is 0 Å². The molecule has 0 radical (unpaired) electrons. The van der Waals surface area contributed by atoms with Crippen LogP contribution in [0.2, 0.25) is 0 Å². The number of aliphatic hydroxyl groups is 1. The fraction of sp³-hybridized carbons (Fsp3) is 0.381. The lowest BCUT2D eigenvalue weighted by Crippen LogP contribution is -2.24. The lowest BCUT2D eigenvalue weighted by atomic mass is 10.0. The monoisotopic (exact) mass is 335 g/mol. The molecule has 0 unspecified atom stereocenters. The topological polar surface area (TPSA) is 59.3 Å². The van der Waals surface area contributed by atoms with Crippen LogP contribution in [0.1, 0.15) is 41.6 Å². The molecule has 2 atom stereocenters. The van der Waals surface area contributed by atoms with Crippen molar-refractivity contribution >= 4 is 0 Å². The van der Waals surface area contributed by atoms with E-state index in [4.69, 9.17) is 5.26 Å². The van der Waals surface area contributed by atoms with Crippen LogP contribution in [0.5, 0.6) is 0 Å². The van der Waals surface area contributed by atoms with Crippen LogP contribution >= 0.6 is 0 Å². The molecular weight excluding hydrogens is 310 g/mol. The average Bonchev–Trinajstić information content (AvgIpc) is 3.05. The van der Waals surface area contributed by atoms with Crippen molar-refractivity contribution in [1.82, 2.24) is 10.2 Å². The van der Waals surface area contributed by atoms with E-state index in [0.29, 0.717) is 5.56 Å². The summed E-state index contributed by atoms with van der Waals surface area (Å²) in [7, 11) is 0. The van der Waals surface area contributed by atoms with Gasteiger partial charge in [0.05, 0.1) is 17.7 Å². The van der Waals surface area contributed by atoms with Gasteiger partial charge in [0.1, 0.15) is 0 Å². The van der Waals surface area contributed by atoms with Crippen molar-refractivity contribution in [1.29, 1.82) is 5.26 Å². The number of nitrogens with one attached hydrogen (secondary N) is 1. The first-order chi connectivity index (χ1) is 12.2. The fourth-order valence-electron chi connectivity index (χ4n) is 3.31. The summed E-state index contributed by atoms with van der Waals surface area (Å²) < 4.78 is 0. The van der Waals surface area contributed by atoms with Crippen LogP contribution < -0.4 is 5.32 Å². The quantitative estimate of drug-likeness (QED) is 0.852. The summed E-state index contributed by atoms with van der Waals surface area (Å²) >= 11 is 0. The summed E-state index contributed by atoms with van der Waals surface area (Å²) in [5.74, 6) is 0. The van der Waals surface area contributed by atoms with Gasteiger partial charge in [-0.25, -0.2) is 0 Å². The number of rotatable bonds is 6. The van der Waals surface area contributed by atoms with E-state index in [1.807, 2.05) is 24.3 Å². The molecule has 1 heterocycles. The Labute approximate surface area is 149 Å². The SMILES string of the molecule is C[C@H](NCc1ccccc1CN1CC[C@@H](O)C1)c1ccc(C#N)cc1. The highest BCUT2D eigenvalue weighted by molar-refractivity contribution is 5.33. The van der Waals surface area contributed by atoms with Crippen molar-refractivity contribution in [2.24, 2.45) is 0 Å². The van der Waals surface area contributed by atoms with E-state index in [0.717, 1.165) is 32.6 Å². The molecule has 0 bridgehead atoms. The zero-order valence-electron chi connectivity index (χ0n) is 14.7. The second-order valence-corrected chi connectivity index (χ2v) is 6.78. The Morgan fingerprint density at radius 1 is 1.20 bits per heavy atom. The highest BCUT2D eigenvalue weighted by Gasteiger charge is 2.20. The number of likely N-dealkylation sites (tertiary alicyclic amines) is 1. The lowest BCUT2D eigenvalue weighted by molar-refractivity contribution is 0.174. The number of β-amino-alcohol motifs (C(OH)–C–C–N with tert-alkyl or cyclic N) is 1. The van der Waals surface area contributed by atoms with Gasteiger partial charge in [-0.3, -0.25) is 4.90 Å². The molecule has 1 aliphatic rings. The summed E-state index contributed by atoms with van der Waals surface area (Å²) in [6.45, 7) is 5.56. The second-order valence-electron chi connectivity index (χ2n) is 6.78. The van der Waals surface area contributed by atoms with Gasteiger partial charge in [-0.2, -0.15) is 5.26 Å². The summed E-state index contributed by atoms with van der Waals surface area (Å²) in [6, 6.07) is 18.6. The van der Waals surface area contributed by atoms with Crippen LogP contribution in [0, 0.1) is 11.3 Å². The molecule has 130 valence electrons. The van der Waals surface area contributed by atoms with Gasteiger partial charge in [0.2, 0.25) is 0 Å². The van der Waals surface area contributed by atoms with E-state index in [-0.39, 0.29) is 12.1 Å². The van der Waals surface area contributed by atoms with Gasteiger partial charge in [0, 0.05) is 32.2 Å². The van der Waals surface area contributed by atoms with E-state index in [1.165, 1.54) is 16.7 Å². The maximum absolute atomic E-state index is 9.71. The molecule has 0 saturated carbocycles. The van der Waals surface area contributed by atoms with Crippen LogP contribution in [-0.2, 0) is 13.1 Å². The maximum atomic E-state index is 9.71. The van der Waals surface area contributed by atoms with E-state index < -0.39 is 0 Å². The van der Waals surface area contributed by atoms with Crippen LogP contribution in [0.15, 0.2) is 48.5 Å². The first-order valence-electron chi connectivity index (χ1n) is 8.86. The molecule has 0 amide bonds. The minimum atomic E-state index is -0.179. The minimum absolute atomic E-state index is 0.179. The lowest BCUT2D eigenvalue weighted by Gasteiger charge is -2.20. The Balaban J connectivity index is 1.61. The molecule has 0 aromatic heterocycles. The number of hydrogen-bond donors (Lipinski definition) is 2. The smallest absolute Gasteiger partial charge is 0.0991 e. The zero-order chi connectivity index (χ0) is 17.6. The van der Waals surface area contributed by atoms with Gasteiger partial charge in [-0.15, -0.1) is 0 Å². The minimum Gasteiger partial charge on any atom is -0.392 e. The number of hydrogen-bond acceptors (Lipinski definition) is 4. The van der Waals surface area contributed by atoms with E-state index in [2.05, 4.69) is 47.5 Å². The van der Waals surface area contributed by atoms with Crippen LogP contribution in [0.3, 0.4) is 0 Å². The van der Waals surface area contributed by atoms with E-state index in [9.17, 15) is 5.11 Å². The van der Waals surface area contributed by atoms with Gasteiger partial charge in [0.15, 0.2) is 0 Å². The highest BCUT2D eigenvalue weighted by Crippen LogP contribution is 2.18. The molecular formula is C21H25N3O. The Bertz CT molecular complexity index is 736. The molecule has 2 aromatic carbocycles. The molecule has 4 heteroatoms. The van der Waals surface area contributed by atoms with Gasteiger partial charge in [0.25, 0.3) is 0 Å². The molecule has 1 saturated heterocycles. The summed E-state index contributed by atoms with van der Waals surface area (Å²) in [6.07, 6.45) is 0.692. The van der Waals surface area contributed by atoms with Gasteiger partial charge < -0.3 is 10.4 Å². The van der Waals surface area contributed by atoms with Gasteiger partial charge in [-0.05, 0) is 42.2 Å². The fourth-order valence-corrected chi connectivity index (χ4v) is 3.31. The number of nitriles is 1. The molecule has 2 aromatic rings. The third-order valence-corrected chi connectivity index (χ3v) is 4.90. The van der Waals surface area contributed by atoms with Crippen LogP contribution in [0.4, 0.5) is 0 Å². The Hall–Kier alpha value is -2.19. The summed E-state index contributed by atoms with van der Waals surface area (Å²) in [4.78, 5) is 2.31. The van der Waals surface area contributed by atoms with E-state index in [1.54, 1.807) is 0 Å². The Kier molecular flexibility index (Phi) is 5.83. The van der Waals surface area contributed by atoms with Crippen molar-refractivity contribution in [3.05, 3.63) is 70.8 Å². The first kappa shape index (κ1) is 17.6. The Morgan fingerprint density at radius 2 is 1.92 bits per heavy atom. The zero-order valence-corrected chi connectivity index (χ0v) is 14.7. The van der Waals surface area contributed by atoms with Crippen molar-refractivity contribution in [2.45, 2.75) is 38.6 Å². The molecule has 1 aliphatic heterocycles. The molecule has 2 N–H and O–H groups in total. The molecule has 4 nitrogen and oxygen atoms in total. The van der Waals surface area contributed by atoms with Crippen molar-refractivity contribution in [2.75, 3.05) is 13.1 Å². The third-order valence-electron chi connectivity index (χ3n) is 4.90. The van der Waals surface area contributed by atoms with E-state index >= 15 is 0 Å². The number of aliphatic hydroxyl groups excluding tert-OH is 1. The third kappa shape index (κ3) is 4.67. The molecule has 0 spiro atoms. The Morgan fingerprint density at radius 3 is 2.56 bits per heavy atom. The van der Waals surface area contributed by atoms with Gasteiger partial charge >= 0.3 is 0 Å². The van der Waals surface area contributed by atoms with Crippen LogP contribution in [-0.4, -0.2) is 29.2 Å². The largest absolute Gasteiger partial charge is 0.392 e. The predicted octanol–water partition coefficient (Wildman–Crippen LogP) is 2.98. The molecule has 3 rings (SSSR count). The van der Waals surface area contributed by atoms with Crippen molar-refractivity contribution in [3.8, 4) is 6.07 Å². The average molecular weight is 335 g/mol. The number of benzene rings is 2. The highest BCUT2D eigenvalue weighted by atomic mass is 16.3. The maximum Gasteiger partial charge on any atom is 0.0991 e. The predicted molar refractivity (Wildman–Crippen MR) is 98.8 cm³/mol. The second kappa shape index (κ2) is 8.26. The normalized spacial score (nSPS) is 18.8. The molecule has 25 heavy (non-hydrogen) atoms. The van der Waals surface area contributed by atoms with Crippen molar-refractivity contribution < 1.29 is 5.11 Å².